The lowest BCUT2D eigenvalue weighted by molar-refractivity contribution is 0.292. The zero-order valence-corrected chi connectivity index (χ0v) is 11.7. The number of rotatable bonds is 5. The van der Waals surface area contributed by atoms with Gasteiger partial charge in [-0.25, -0.2) is 0 Å². The van der Waals surface area contributed by atoms with E-state index in [1.807, 2.05) is 30.3 Å². The number of nitrogens with two attached hydrogens (primary N) is 1. The van der Waals surface area contributed by atoms with Gasteiger partial charge in [0.05, 0.1) is 6.61 Å². The van der Waals surface area contributed by atoms with Gasteiger partial charge in [0.2, 0.25) is 0 Å². The molecule has 2 nitrogen and oxygen atoms in total. The Morgan fingerprint density at radius 2 is 2.00 bits per heavy atom. The maximum absolute atomic E-state index is 5.77. The number of halogens is 1. The Bertz CT molecular complexity index is 441. The average molecular weight is 312 g/mol. The van der Waals surface area contributed by atoms with Crippen molar-refractivity contribution in [3.8, 4) is 5.75 Å². The highest BCUT2D eigenvalue weighted by Crippen LogP contribution is 2.22. The van der Waals surface area contributed by atoms with E-state index < -0.39 is 0 Å². The second-order valence-electron chi connectivity index (χ2n) is 3.71. The number of thiophene rings is 1. The largest absolute Gasteiger partial charge is 0.493 e. The predicted molar refractivity (Wildman–Crippen MR) is 75.8 cm³/mol. The molecule has 90 valence electrons. The lowest BCUT2D eigenvalue weighted by atomic mass is 10.1. The molecule has 1 aromatic heterocycles. The fraction of sp³-hybridized carbons (Fsp3) is 0.231. The van der Waals surface area contributed by atoms with Gasteiger partial charge in [-0.2, -0.15) is 0 Å². The van der Waals surface area contributed by atoms with Crippen molar-refractivity contribution in [2.45, 2.75) is 5.92 Å². The Hall–Kier alpha value is -0.840. The maximum atomic E-state index is 5.77. The molecule has 0 saturated carbocycles. The van der Waals surface area contributed by atoms with Gasteiger partial charge in [0.1, 0.15) is 5.75 Å². The molecule has 1 heterocycles. The van der Waals surface area contributed by atoms with Crippen molar-refractivity contribution < 1.29 is 4.74 Å². The molecule has 0 amide bonds. The van der Waals surface area contributed by atoms with Crippen molar-refractivity contribution in [1.29, 1.82) is 0 Å². The van der Waals surface area contributed by atoms with Crippen LogP contribution in [0.2, 0.25) is 0 Å². The van der Waals surface area contributed by atoms with Gasteiger partial charge in [0.25, 0.3) is 0 Å². The molecule has 2 rings (SSSR count). The zero-order valence-electron chi connectivity index (χ0n) is 9.30. The van der Waals surface area contributed by atoms with Crippen molar-refractivity contribution in [1.82, 2.24) is 0 Å². The van der Waals surface area contributed by atoms with E-state index in [-0.39, 0.29) is 5.92 Å². The summed E-state index contributed by atoms with van der Waals surface area (Å²) in [6.07, 6.45) is 0. The van der Waals surface area contributed by atoms with Gasteiger partial charge in [-0.1, -0.05) is 22.0 Å². The van der Waals surface area contributed by atoms with Crippen LogP contribution in [0.15, 0.2) is 46.3 Å². The lowest BCUT2D eigenvalue weighted by Crippen LogP contribution is -2.18. The number of benzene rings is 1. The lowest BCUT2D eigenvalue weighted by Gasteiger charge is -2.14. The molecule has 17 heavy (non-hydrogen) atoms. The van der Waals surface area contributed by atoms with E-state index in [2.05, 4.69) is 27.4 Å². The van der Waals surface area contributed by atoms with Gasteiger partial charge < -0.3 is 10.5 Å². The summed E-state index contributed by atoms with van der Waals surface area (Å²) in [4.78, 5) is 1.28. The van der Waals surface area contributed by atoms with Crippen molar-refractivity contribution in [2.75, 3.05) is 13.2 Å². The van der Waals surface area contributed by atoms with Gasteiger partial charge in [-0.3, -0.25) is 0 Å². The second-order valence-corrected chi connectivity index (χ2v) is 5.61. The molecule has 0 aliphatic carbocycles. The monoisotopic (exact) mass is 311 g/mol. The van der Waals surface area contributed by atoms with Crippen molar-refractivity contribution >= 4 is 27.3 Å². The summed E-state index contributed by atoms with van der Waals surface area (Å²) in [5.74, 6) is 1.15. The first kappa shape index (κ1) is 12.6. The quantitative estimate of drug-likeness (QED) is 0.915. The van der Waals surface area contributed by atoms with Gasteiger partial charge in [0, 0.05) is 21.8 Å². The minimum Gasteiger partial charge on any atom is -0.493 e. The van der Waals surface area contributed by atoms with E-state index in [4.69, 9.17) is 10.5 Å². The molecule has 0 radical (unpaired) electrons. The molecule has 1 aromatic carbocycles. The molecule has 2 aromatic rings. The average Bonchev–Trinajstić information content (AvgIpc) is 2.86. The number of hydrogen-bond acceptors (Lipinski definition) is 3. The smallest absolute Gasteiger partial charge is 0.119 e. The van der Waals surface area contributed by atoms with E-state index in [1.165, 1.54) is 4.88 Å². The fourth-order valence-electron chi connectivity index (χ4n) is 1.52. The molecular weight excluding hydrogens is 298 g/mol. The van der Waals surface area contributed by atoms with Crippen LogP contribution in [-0.2, 0) is 0 Å². The van der Waals surface area contributed by atoms with Crippen LogP contribution in [0.4, 0.5) is 0 Å². The van der Waals surface area contributed by atoms with Crippen LogP contribution < -0.4 is 10.5 Å². The van der Waals surface area contributed by atoms with Crippen LogP contribution in [-0.4, -0.2) is 13.2 Å². The Morgan fingerprint density at radius 1 is 1.24 bits per heavy atom. The first-order valence-corrected chi connectivity index (χ1v) is 7.08. The van der Waals surface area contributed by atoms with Gasteiger partial charge in [0.15, 0.2) is 0 Å². The minimum atomic E-state index is 0.277. The third-order valence-electron chi connectivity index (χ3n) is 2.49. The Labute approximate surface area is 114 Å². The SMILES string of the molecule is NCC(COc1ccc(Br)cc1)c1cccs1. The summed E-state index contributed by atoms with van der Waals surface area (Å²) < 4.78 is 6.80. The van der Waals surface area contributed by atoms with Crippen molar-refractivity contribution in [3.63, 3.8) is 0 Å². The molecule has 0 spiro atoms. The summed E-state index contributed by atoms with van der Waals surface area (Å²) in [6, 6.07) is 12.0. The first-order chi connectivity index (χ1) is 8.29. The van der Waals surface area contributed by atoms with Crippen LogP contribution in [0.5, 0.6) is 5.75 Å². The highest BCUT2D eigenvalue weighted by Gasteiger charge is 2.11. The van der Waals surface area contributed by atoms with E-state index >= 15 is 0 Å². The van der Waals surface area contributed by atoms with Crippen molar-refractivity contribution in [3.05, 3.63) is 51.1 Å². The molecule has 2 N–H and O–H groups in total. The summed E-state index contributed by atoms with van der Waals surface area (Å²) in [5.41, 5.74) is 5.77. The van der Waals surface area contributed by atoms with Gasteiger partial charge >= 0.3 is 0 Å². The molecule has 0 saturated heterocycles. The predicted octanol–water partition coefficient (Wildman–Crippen LogP) is 3.63. The van der Waals surface area contributed by atoms with E-state index in [0.29, 0.717) is 13.2 Å². The molecule has 1 atom stereocenters. The first-order valence-electron chi connectivity index (χ1n) is 5.41. The van der Waals surface area contributed by atoms with E-state index in [1.54, 1.807) is 11.3 Å². The molecule has 0 bridgehead atoms. The molecule has 1 unspecified atom stereocenters. The number of ether oxygens (including phenoxy) is 1. The zero-order chi connectivity index (χ0) is 12.1. The minimum absolute atomic E-state index is 0.277. The van der Waals surface area contributed by atoms with Crippen molar-refractivity contribution in [2.24, 2.45) is 5.73 Å². The Kier molecular flexibility index (Phi) is 4.59. The van der Waals surface area contributed by atoms with Crippen LogP contribution in [0.25, 0.3) is 0 Å². The summed E-state index contributed by atoms with van der Waals surface area (Å²) >= 11 is 5.12. The Morgan fingerprint density at radius 3 is 2.59 bits per heavy atom. The van der Waals surface area contributed by atoms with E-state index in [9.17, 15) is 0 Å². The molecule has 0 fully saturated rings. The molecule has 0 aliphatic rings. The third kappa shape index (κ3) is 3.56. The molecule has 4 heteroatoms. The van der Waals surface area contributed by atoms with E-state index in [0.717, 1.165) is 10.2 Å². The maximum Gasteiger partial charge on any atom is 0.119 e. The third-order valence-corrected chi connectivity index (χ3v) is 4.06. The van der Waals surface area contributed by atoms with Gasteiger partial charge in [-0.05, 0) is 35.7 Å². The molecular formula is C13H14BrNOS. The second kappa shape index (κ2) is 6.19. The van der Waals surface area contributed by atoms with Crippen LogP contribution >= 0.6 is 27.3 Å². The van der Waals surface area contributed by atoms with Crippen LogP contribution in [0.3, 0.4) is 0 Å². The summed E-state index contributed by atoms with van der Waals surface area (Å²) in [5, 5.41) is 2.07. The Balaban J connectivity index is 1.94. The standard InChI is InChI=1S/C13H14BrNOS/c14-11-3-5-12(6-4-11)16-9-10(8-15)13-2-1-7-17-13/h1-7,10H,8-9,15H2. The highest BCUT2D eigenvalue weighted by molar-refractivity contribution is 9.10. The van der Waals surface area contributed by atoms with Crippen LogP contribution in [0, 0.1) is 0 Å². The summed E-state index contributed by atoms with van der Waals surface area (Å²) in [6.45, 7) is 1.23. The normalized spacial score (nSPS) is 12.4. The summed E-state index contributed by atoms with van der Waals surface area (Å²) in [7, 11) is 0. The number of hydrogen-bond donors (Lipinski definition) is 1. The van der Waals surface area contributed by atoms with Crippen LogP contribution in [0.1, 0.15) is 10.8 Å². The molecule has 0 aliphatic heterocycles. The van der Waals surface area contributed by atoms with Gasteiger partial charge in [-0.15, -0.1) is 11.3 Å². The highest BCUT2D eigenvalue weighted by atomic mass is 79.9. The topological polar surface area (TPSA) is 35.2 Å². The fourth-order valence-corrected chi connectivity index (χ4v) is 2.61.